The van der Waals surface area contributed by atoms with Crippen molar-refractivity contribution in [2.45, 2.75) is 25.8 Å². The van der Waals surface area contributed by atoms with Crippen LogP contribution in [0.4, 0.5) is 8.78 Å². The molecule has 0 aliphatic rings. The van der Waals surface area contributed by atoms with Crippen molar-refractivity contribution >= 4 is 0 Å². The van der Waals surface area contributed by atoms with Crippen LogP contribution in [0, 0.1) is 11.6 Å². The van der Waals surface area contributed by atoms with Crippen LogP contribution in [0.25, 0.3) is 0 Å². The molecule has 2 aromatic rings. The Hall–Kier alpha value is -1.75. The first-order chi connectivity index (χ1) is 9.63. The fourth-order valence-electron chi connectivity index (χ4n) is 2.34. The summed E-state index contributed by atoms with van der Waals surface area (Å²) in [5, 5.41) is 7.32. The predicted octanol–water partition coefficient (Wildman–Crippen LogP) is 2.98. The quantitative estimate of drug-likeness (QED) is 0.881. The zero-order chi connectivity index (χ0) is 14.5. The summed E-state index contributed by atoms with van der Waals surface area (Å²) >= 11 is 0. The van der Waals surface area contributed by atoms with E-state index in [2.05, 4.69) is 10.4 Å². The highest BCUT2D eigenvalue weighted by Crippen LogP contribution is 2.23. The molecule has 1 aromatic carbocycles. The minimum Gasteiger partial charge on any atom is -0.310 e. The Morgan fingerprint density at radius 1 is 1.30 bits per heavy atom. The molecule has 0 spiro atoms. The summed E-state index contributed by atoms with van der Waals surface area (Å²) in [6.45, 7) is 2.65. The summed E-state index contributed by atoms with van der Waals surface area (Å²) in [7, 11) is 1.88. The van der Waals surface area contributed by atoms with E-state index in [0.717, 1.165) is 18.2 Å². The van der Waals surface area contributed by atoms with Crippen LogP contribution in [0.1, 0.15) is 30.6 Å². The van der Waals surface area contributed by atoms with E-state index in [1.165, 1.54) is 0 Å². The van der Waals surface area contributed by atoms with E-state index in [9.17, 15) is 8.78 Å². The van der Waals surface area contributed by atoms with Gasteiger partial charge < -0.3 is 5.32 Å². The molecule has 0 fully saturated rings. The average Bonchev–Trinajstić information content (AvgIpc) is 2.84. The number of nitrogens with one attached hydrogen (secondary N) is 1. The molecule has 0 amide bonds. The predicted molar refractivity (Wildman–Crippen MR) is 74.3 cm³/mol. The van der Waals surface area contributed by atoms with Gasteiger partial charge in [-0.1, -0.05) is 19.1 Å². The standard InChI is InChI=1S/C15H19F2N3/c1-3-18-14(8-7-11-9-10-19-20(11)2)12-5-4-6-13(16)15(12)17/h4-6,9-10,14,18H,3,7-8H2,1-2H3. The van der Waals surface area contributed by atoms with Crippen LogP contribution in [0.2, 0.25) is 0 Å². The number of aromatic nitrogens is 2. The van der Waals surface area contributed by atoms with Gasteiger partial charge in [0.15, 0.2) is 11.6 Å². The zero-order valence-corrected chi connectivity index (χ0v) is 11.7. The lowest BCUT2D eigenvalue weighted by atomic mass is 10.00. The molecule has 0 saturated heterocycles. The van der Waals surface area contributed by atoms with Crippen molar-refractivity contribution in [3.8, 4) is 0 Å². The van der Waals surface area contributed by atoms with Crippen molar-refractivity contribution in [2.24, 2.45) is 7.05 Å². The van der Waals surface area contributed by atoms with E-state index < -0.39 is 11.6 Å². The van der Waals surface area contributed by atoms with Crippen LogP contribution in [0.5, 0.6) is 0 Å². The lowest BCUT2D eigenvalue weighted by Gasteiger charge is -2.19. The third kappa shape index (κ3) is 3.22. The van der Waals surface area contributed by atoms with Crippen LogP contribution in [0.15, 0.2) is 30.5 Å². The number of aryl methyl sites for hydroxylation is 2. The van der Waals surface area contributed by atoms with Crippen molar-refractivity contribution in [3.05, 3.63) is 53.4 Å². The second kappa shape index (κ2) is 6.61. The highest BCUT2D eigenvalue weighted by atomic mass is 19.2. The maximum atomic E-state index is 13.9. The summed E-state index contributed by atoms with van der Waals surface area (Å²) in [4.78, 5) is 0. The summed E-state index contributed by atoms with van der Waals surface area (Å²) in [6, 6.07) is 6.05. The summed E-state index contributed by atoms with van der Waals surface area (Å²) < 4.78 is 29.0. The van der Waals surface area contributed by atoms with Gasteiger partial charge in [-0.25, -0.2) is 8.78 Å². The van der Waals surface area contributed by atoms with Crippen LogP contribution in [-0.2, 0) is 13.5 Å². The van der Waals surface area contributed by atoms with Gasteiger partial charge in [0.2, 0.25) is 0 Å². The highest BCUT2D eigenvalue weighted by Gasteiger charge is 2.17. The topological polar surface area (TPSA) is 29.9 Å². The van der Waals surface area contributed by atoms with Crippen LogP contribution in [-0.4, -0.2) is 16.3 Å². The molecule has 1 aromatic heterocycles. The van der Waals surface area contributed by atoms with Crippen molar-refractivity contribution in [1.82, 2.24) is 15.1 Å². The molecule has 5 heteroatoms. The number of hydrogen-bond donors (Lipinski definition) is 1. The van der Waals surface area contributed by atoms with Crippen molar-refractivity contribution in [3.63, 3.8) is 0 Å². The molecule has 1 heterocycles. The van der Waals surface area contributed by atoms with Crippen LogP contribution < -0.4 is 5.32 Å². The maximum Gasteiger partial charge on any atom is 0.163 e. The smallest absolute Gasteiger partial charge is 0.163 e. The molecule has 1 N–H and O–H groups in total. The van der Waals surface area contributed by atoms with Crippen molar-refractivity contribution in [2.75, 3.05) is 6.54 Å². The SMILES string of the molecule is CCNC(CCc1ccnn1C)c1cccc(F)c1F. The molecule has 0 aliphatic carbocycles. The number of nitrogens with zero attached hydrogens (tertiary/aromatic N) is 2. The van der Waals surface area contributed by atoms with Gasteiger partial charge in [-0.3, -0.25) is 4.68 Å². The minimum absolute atomic E-state index is 0.203. The second-order valence-corrected chi connectivity index (χ2v) is 4.74. The lowest BCUT2D eigenvalue weighted by molar-refractivity contribution is 0.449. The molecule has 3 nitrogen and oxygen atoms in total. The Morgan fingerprint density at radius 2 is 2.10 bits per heavy atom. The van der Waals surface area contributed by atoms with Gasteiger partial charge in [-0.2, -0.15) is 5.10 Å². The first-order valence-corrected chi connectivity index (χ1v) is 6.77. The summed E-state index contributed by atoms with van der Waals surface area (Å²) in [5.41, 5.74) is 1.46. The van der Waals surface area contributed by atoms with Gasteiger partial charge in [-0.15, -0.1) is 0 Å². The van der Waals surface area contributed by atoms with E-state index in [4.69, 9.17) is 0 Å². The molecule has 0 bridgehead atoms. The number of hydrogen-bond acceptors (Lipinski definition) is 2. The Morgan fingerprint density at radius 3 is 2.75 bits per heavy atom. The zero-order valence-electron chi connectivity index (χ0n) is 11.7. The summed E-state index contributed by atoms with van der Waals surface area (Å²) in [5.74, 6) is -1.56. The molecular weight excluding hydrogens is 260 g/mol. The van der Waals surface area contributed by atoms with E-state index in [-0.39, 0.29) is 6.04 Å². The number of benzene rings is 1. The van der Waals surface area contributed by atoms with Gasteiger partial charge in [0.05, 0.1) is 0 Å². The van der Waals surface area contributed by atoms with E-state index >= 15 is 0 Å². The molecular formula is C15H19F2N3. The second-order valence-electron chi connectivity index (χ2n) is 4.74. The van der Waals surface area contributed by atoms with Gasteiger partial charge in [-0.05, 0) is 31.5 Å². The van der Waals surface area contributed by atoms with Gasteiger partial charge in [0, 0.05) is 30.5 Å². The fraction of sp³-hybridized carbons (Fsp3) is 0.400. The van der Waals surface area contributed by atoms with E-state index in [0.29, 0.717) is 18.5 Å². The van der Waals surface area contributed by atoms with Gasteiger partial charge >= 0.3 is 0 Å². The van der Waals surface area contributed by atoms with Crippen molar-refractivity contribution in [1.29, 1.82) is 0 Å². The molecule has 20 heavy (non-hydrogen) atoms. The Kier molecular flexibility index (Phi) is 4.84. The van der Waals surface area contributed by atoms with Gasteiger partial charge in [0.25, 0.3) is 0 Å². The normalized spacial score (nSPS) is 12.6. The first kappa shape index (κ1) is 14.7. The first-order valence-electron chi connectivity index (χ1n) is 6.77. The average molecular weight is 279 g/mol. The molecule has 0 aliphatic heterocycles. The Bertz CT molecular complexity index is 566. The maximum absolute atomic E-state index is 13.9. The van der Waals surface area contributed by atoms with Crippen LogP contribution >= 0.6 is 0 Å². The Labute approximate surface area is 117 Å². The van der Waals surface area contributed by atoms with E-state index in [1.54, 1.807) is 23.0 Å². The Balaban J connectivity index is 2.14. The lowest BCUT2D eigenvalue weighted by Crippen LogP contribution is -2.23. The summed E-state index contributed by atoms with van der Waals surface area (Å²) in [6.07, 6.45) is 3.18. The van der Waals surface area contributed by atoms with Crippen LogP contribution in [0.3, 0.4) is 0 Å². The third-order valence-electron chi connectivity index (χ3n) is 3.42. The molecule has 0 saturated carbocycles. The molecule has 108 valence electrons. The number of halogens is 2. The highest BCUT2D eigenvalue weighted by molar-refractivity contribution is 5.23. The third-order valence-corrected chi connectivity index (χ3v) is 3.42. The fourth-order valence-corrected chi connectivity index (χ4v) is 2.34. The van der Waals surface area contributed by atoms with E-state index in [1.807, 2.05) is 20.0 Å². The molecule has 1 unspecified atom stereocenters. The largest absolute Gasteiger partial charge is 0.310 e. The molecule has 1 atom stereocenters. The molecule has 0 radical (unpaired) electrons. The monoisotopic (exact) mass is 279 g/mol. The number of rotatable bonds is 6. The van der Waals surface area contributed by atoms with Gasteiger partial charge in [0.1, 0.15) is 0 Å². The minimum atomic E-state index is -0.800. The van der Waals surface area contributed by atoms with Crippen molar-refractivity contribution < 1.29 is 8.78 Å². The molecule has 2 rings (SSSR count).